The molecule has 0 bridgehead atoms. The maximum absolute atomic E-state index is 5.76. The van der Waals surface area contributed by atoms with Crippen molar-refractivity contribution in [3.63, 3.8) is 0 Å². The van der Waals surface area contributed by atoms with Crippen molar-refractivity contribution in [3.05, 3.63) is 41.7 Å². The molecule has 6 heteroatoms. The van der Waals surface area contributed by atoms with Gasteiger partial charge in [0.25, 0.3) is 0 Å². The molecule has 0 saturated heterocycles. The van der Waals surface area contributed by atoms with E-state index in [1.165, 1.54) is 5.56 Å². The number of nitrogens with zero attached hydrogens (tertiary/aromatic N) is 4. The van der Waals surface area contributed by atoms with Crippen molar-refractivity contribution in [1.82, 2.24) is 19.9 Å². The Morgan fingerprint density at radius 1 is 1.30 bits per heavy atom. The van der Waals surface area contributed by atoms with Crippen LogP contribution in [0, 0.1) is 0 Å². The molecule has 1 aromatic heterocycles. The molecule has 106 valence electrons. The number of para-hydroxylation sites is 1. The Bertz CT molecular complexity index is 568. The van der Waals surface area contributed by atoms with E-state index in [2.05, 4.69) is 21.3 Å². The standard InChI is InChI=1S/C14H19N5O/c15-5-6-19-11-13(16-17-19)10-18-7-8-20-14-4-2-1-3-12(14)9-18/h1-4,11H,5-10,15H2. The Morgan fingerprint density at radius 2 is 2.20 bits per heavy atom. The summed E-state index contributed by atoms with van der Waals surface area (Å²) in [5, 5.41) is 8.26. The van der Waals surface area contributed by atoms with Crippen LogP contribution in [0.3, 0.4) is 0 Å². The van der Waals surface area contributed by atoms with E-state index in [-0.39, 0.29) is 0 Å². The van der Waals surface area contributed by atoms with E-state index in [1.807, 2.05) is 24.4 Å². The zero-order valence-corrected chi connectivity index (χ0v) is 11.4. The molecule has 1 aliphatic rings. The molecule has 0 spiro atoms. The molecule has 0 atom stereocenters. The van der Waals surface area contributed by atoms with E-state index < -0.39 is 0 Å². The van der Waals surface area contributed by atoms with Crippen LogP contribution in [0.2, 0.25) is 0 Å². The van der Waals surface area contributed by atoms with E-state index in [0.717, 1.165) is 31.1 Å². The van der Waals surface area contributed by atoms with E-state index in [0.29, 0.717) is 19.7 Å². The van der Waals surface area contributed by atoms with Gasteiger partial charge in [0, 0.05) is 37.9 Å². The Labute approximate surface area is 118 Å². The zero-order chi connectivity index (χ0) is 13.8. The molecule has 1 aromatic carbocycles. The van der Waals surface area contributed by atoms with Gasteiger partial charge in [0.2, 0.25) is 0 Å². The minimum atomic E-state index is 0.577. The highest BCUT2D eigenvalue weighted by atomic mass is 16.5. The van der Waals surface area contributed by atoms with E-state index >= 15 is 0 Å². The third-order valence-electron chi connectivity index (χ3n) is 3.36. The first kappa shape index (κ1) is 13.1. The number of aromatic nitrogens is 3. The summed E-state index contributed by atoms with van der Waals surface area (Å²) in [6.07, 6.45) is 1.96. The molecule has 1 aliphatic heterocycles. The van der Waals surface area contributed by atoms with Gasteiger partial charge in [-0.2, -0.15) is 0 Å². The average molecular weight is 273 g/mol. The summed E-state index contributed by atoms with van der Waals surface area (Å²) in [5.41, 5.74) is 7.70. The van der Waals surface area contributed by atoms with Crippen molar-refractivity contribution in [2.45, 2.75) is 19.6 Å². The van der Waals surface area contributed by atoms with Gasteiger partial charge < -0.3 is 10.5 Å². The Balaban J connectivity index is 1.68. The van der Waals surface area contributed by atoms with Crippen LogP contribution in [-0.2, 0) is 19.6 Å². The second-order valence-electron chi connectivity index (χ2n) is 4.93. The number of nitrogens with two attached hydrogens (primary N) is 1. The van der Waals surface area contributed by atoms with E-state index in [9.17, 15) is 0 Å². The molecule has 0 amide bonds. The predicted molar refractivity (Wildman–Crippen MR) is 75.1 cm³/mol. The van der Waals surface area contributed by atoms with Gasteiger partial charge in [-0.1, -0.05) is 23.4 Å². The lowest BCUT2D eigenvalue weighted by Crippen LogP contribution is -2.25. The summed E-state index contributed by atoms with van der Waals surface area (Å²) < 4.78 is 7.55. The number of hydrogen-bond acceptors (Lipinski definition) is 5. The van der Waals surface area contributed by atoms with Crippen LogP contribution in [0.4, 0.5) is 0 Å². The van der Waals surface area contributed by atoms with Gasteiger partial charge in [-0.3, -0.25) is 9.58 Å². The molecule has 0 fully saturated rings. The van der Waals surface area contributed by atoms with Gasteiger partial charge in [0.15, 0.2) is 0 Å². The summed E-state index contributed by atoms with van der Waals surface area (Å²) >= 11 is 0. The van der Waals surface area contributed by atoms with Crippen LogP contribution in [0.25, 0.3) is 0 Å². The highest BCUT2D eigenvalue weighted by Gasteiger charge is 2.16. The Kier molecular flexibility index (Phi) is 3.94. The van der Waals surface area contributed by atoms with Gasteiger partial charge >= 0.3 is 0 Å². The first-order valence-corrected chi connectivity index (χ1v) is 6.87. The lowest BCUT2D eigenvalue weighted by Gasteiger charge is -2.17. The van der Waals surface area contributed by atoms with Crippen molar-refractivity contribution in [2.75, 3.05) is 19.7 Å². The number of fused-ring (bicyclic) bond motifs is 1. The molecule has 0 radical (unpaired) electrons. The molecular formula is C14H19N5O. The van der Waals surface area contributed by atoms with Crippen molar-refractivity contribution in [2.24, 2.45) is 5.73 Å². The SMILES string of the molecule is NCCn1cc(CN2CCOc3ccccc3C2)nn1. The van der Waals surface area contributed by atoms with Gasteiger partial charge in [-0.05, 0) is 6.07 Å². The molecule has 2 aromatic rings. The summed E-state index contributed by atoms with van der Waals surface area (Å²) in [4.78, 5) is 2.32. The fourth-order valence-electron chi connectivity index (χ4n) is 2.40. The summed E-state index contributed by atoms with van der Waals surface area (Å²) in [6, 6.07) is 8.19. The van der Waals surface area contributed by atoms with Crippen LogP contribution in [-0.4, -0.2) is 39.6 Å². The molecule has 3 rings (SSSR count). The Morgan fingerprint density at radius 3 is 3.10 bits per heavy atom. The molecule has 2 heterocycles. The largest absolute Gasteiger partial charge is 0.492 e. The average Bonchev–Trinajstić information content (AvgIpc) is 2.78. The monoisotopic (exact) mass is 273 g/mol. The fraction of sp³-hybridized carbons (Fsp3) is 0.429. The molecule has 0 saturated carbocycles. The van der Waals surface area contributed by atoms with Crippen LogP contribution in [0.1, 0.15) is 11.3 Å². The fourth-order valence-corrected chi connectivity index (χ4v) is 2.40. The van der Waals surface area contributed by atoms with Gasteiger partial charge in [-0.15, -0.1) is 5.10 Å². The number of rotatable bonds is 4. The second kappa shape index (κ2) is 6.02. The molecule has 0 unspecified atom stereocenters. The van der Waals surface area contributed by atoms with E-state index in [1.54, 1.807) is 4.68 Å². The summed E-state index contributed by atoms with van der Waals surface area (Å²) in [6.45, 7) is 4.53. The number of benzene rings is 1. The van der Waals surface area contributed by atoms with Crippen molar-refractivity contribution >= 4 is 0 Å². The van der Waals surface area contributed by atoms with Crippen LogP contribution >= 0.6 is 0 Å². The second-order valence-corrected chi connectivity index (χ2v) is 4.93. The zero-order valence-electron chi connectivity index (χ0n) is 11.4. The normalized spacial score (nSPS) is 15.4. The minimum absolute atomic E-state index is 0.577. The van der Waals surface area contributed by atoms with Crippen LogP contribution in [0.15, 0.2) is 30.5 Å². The first-order valence-electron chi connectivity index (χ1n) is 6.87. The van der Waals surface area contributed by atoms with E-state index in [4.69, 9.17) is 10.5 Å². The van der Waals surface area contributed by atoms with Crippen LogP contribution in [0.5, 0.6) is 5.75 Å². The van der Waals surface area contributed by atoms with Gasteiger partial charge in [0.1, 0.15) is 12.4 Å². The smallest absolute Gasteiger partial charge is 0.123 e. The molecular weight excluding hydrogens is 254 g/mol. The van der Waals surface area contributed by atoms with Gasteiger partial charge in [0.05, 0.1) is 12.2 Å². The third-order valence-corrected chi connectivity index (χ3v) is 3.36. The van der Waals surface area contributed by atoms with Crippen molar-refractivity contribution in [3.8, 4) is 5.75 Å². The highest BCUT2D eigenvalue weighted by Crippen LogP contribution is 2.22. The predicted octanol–water partition coefficient (Wildman–Crippen LogP) is 0.631. The molecule has 0 aliphatic carbocycles. The maximum atomic E-state index is 5.76. The quantitative estimate of drug-likeness (QED) is 0.885. The topological polar surface area (TPSA) is 69.2 Å². The number of hydrogen-bond donors (Lipinski definition) is 1. The molecule has 2 N–H and O–H groups in total. The molecule has 6 nitrogen and oxygen atoms in total. The van der Waals surface area contributed by atoms with Crippen molar-refractivity contribution in [1.29, 1.82) is 0 Å². The third kappa shape index (κ3) is 2.97. The first-order chi connectivity index (χ1) is 9.85. The van der Waals surface area contributed by atoms with Gasteiger partial charge in [-0.25, -0.2) is 0 Å². The Hall–Kier alpha value is -1.92. The number of ether oxygens (including phenoxy) is 1. The minimum Gasteiger partial charge on any atom is -0.492 e. The maximum Gasteiger partial charge on any atom is 0.123 e. The highest BCUT2D eigenvalue weighted by molar-refractivity contribution is 5.33. The lowest BCUT2D eigenvalue weighted by molar-refractivity contribution is 0.217. The van der Waals surface area contributed by atoms with Crippen LogP contribution < -0.4 is 10.5 Å². The summed E-state index contributed by atoms with van der Waals surface area (Å²) in [5.74, 6) is 0.988. The lowest BCUT2D eigenvalue weighted by atomic mass is 10.2. The molecule has 20 heavy (non-hydrogen) atoms. The summed E-state index contributed by atoms with van der Waals surface area (Å²) in [7, 11) is 0. The van der Waals surface area contributed by atoms with Crippen molar-refractivity contribution < 1.29 is 4.74 Å².